The number of fused-ring (bicyclic) bond motifs is 2. The van der Waals surface area contributed by atoms with Gasteiger partial charge in [0.05, 0.1) is 21.3 Å². The smallest absolute Gasteiger partial charge is 0.223 e. The van der Waals surface area contributed by atoms with Crippen molar-refractivity contribution in [1.82, 2.24) is 24.8 Å². The first-order valence-corrected chi connectivity index (χ1v) is 12.4. The van der Waals surface area contributed by atoms with E-state index in [4.69, 9.17) is 11.6 Å². The molecule has 8 nitrogen and oxygen atoms in total. The molecule has 0 aliphatic carbocycles. The second-order valence-electron chi connectivity index (χ2n) is 8.53. The summed E-state index contributed by atoms with van der Waals surface area (Å²) in [5, 5.41) is 7.92. The van der Waals surface area contributed by atoms with Crippen LogP contribution in [0.4, 0.5) is 11.1 Å². The van der Waals surface area contributed by atoms with Gasteiger partial charge < -0.3 is 20.1 Å². The Morgan fingerprint density at radius 1 is 1.21 bits per heavy atom. The third kappa shape index (κ3) is 4.51. The van der Waals surface area contributed by atoms with Gasteiger partial charge in [0.2, 0.25) is 11.9 Å². The topological polar surface area (TPSA) is 92.2 Å². The van der Waals surface area contributed by atoms with Crippen molar-refractivity contribution in [1.29, 1.82) is 0 Å². The number of rotatable bonds is 7. The zero-order valence-corrected chi connectivity index (χ0v) is 20.5. The monoisotopic (exact) mass is 496 g/mol. The van der Waals surface area contributed by atoms with E-state index in [1.165, 1.54) is 11.3 Å². The number of ketones is 1. The highest BCUT2D eigenvalue weighted by molar-refractivity contribution is 7.22. The number of thiazole rings is 1. The van der Waals surface area contributed by atoms with E-state index < -0.39 is 0 Å². The van der Waals surface area contributed by atoms with Crippen LogP contribution in [-0.2, 0) is 11.8 Å². The van der Waals surface area contributed by atoms with Crippen LogP contribution in [0.3, 0.4) is 0 Å². The number of likely N-dealkylation sites (N-methyl/N-ethyl adjacent to an activating group) is 1. The van der Waals surface area contributed by atoms with E-state index in [0.717, 1.165) is 35.2 Å². The number of carbonyl (C=O) groups is 2. The van der Waals surface area contributed by atoms with Gasteiger partial charge in [-0.25, -0.2) is 9.97 Å². The summed E-state index contributed by atoms with van der Waals surface area (Å²) in [4.78, 5) is 36.3. The maximum atomic E-state index is 12.8. The van der Waals surface area contributed by atoms with Crippen LogP contribution in [0.2, 0.25) is 5.02 Å². The summed E-state index contributed by atoms with van der Waals surface area (Å²) >= 11 is 7.58. The number of Topliss-reactive ketones (excluding diaryl/α,β-unsaturated/α-hetero) is 1. The minimum Gasteiger partial charge on any atom is -0.341 e. The van der Waals surface area contributed by atoms with Crippen molar-refractivity contribution in [2.75, 3.05) is 25.5 Å². The number of benzene rings is 2. The summed E-state index contributed by atoms with van der Waals surface area (Å²) < 4.78 is 2.92. The van der Waals surface area contributed by atoms with E-state index >= 15 is 0 Å². The van der Waals surface area contributed by atoms with Gasteiger partial charge in [-0.2, -0.15) is 0 Å². The summed E-state index contributed by atoms with van der Waals surface area (Å²) in [6.45, 7) is 1.74. The molecule has 0 saturated carbocycles. The Labute approximate surface area is 205 Å². The summed E-state index contributed by atoms with van der Waals surface area (Å²) in [5.74, 6) is 0.577. The Balaban J connectivity index is 1.29. The number of nitrogens with zero attached hydrogens (tertiary/aromatic N) is 4. The third-order valence-corrected chi connectivity index (χ3v) is 7.48. The molecule has 1 fully saturated rings. The zero-order valence-electron chi connectivity index (χ0n) is 19.0. The Morgan fingerprint density at radius 3 is 2.85 bits per heavy atom. The lowest BCUT2D eigenvalue weighted by Crippen LogP contribution is -2.38. The number of halogens is 1. The average Bonchev–Trinajstić information content (AvgIpc) is 3.56. The molecule has 1 unspecified atom stereocenters. The molecule has 1 atom stereocenters. The largest absolute Gasteiger partial charge is 0.341 e. The third-order valence-electron chi connectivity index (χ3n) is 6.31. The highest BCUT2D eigenvalue weighted by Crippen LogP contribution is 2.31. The predicted molar refractivity (Wildman–Crippen MR) is 136 cm³/mol. The average molecular weight is 497 g/mol. The maximum absolute atomic E-state index is 12.8. The van der Waals surface area contributed by atoms with Crippen LogP contribution >= 0.6 is 22.9 Å². The number of aromatic nitrogens is 3. The molecule has 4 aromatic rings. The lowest BCUT2D eigenvalue weighted by molar-refractivity contribution is -0.131. The Bertz CT molecular complexity index is 1390. The van der Waals surface area contributed by atoms with Crippen molar-refractivity contribution in [2.45, 2.75) is 25.3 Å². The van der Waals surface area contributed by atoms with E-state index in [-0.39, 0.29) is 30.6 Å². The molecule has 5 rings (SSSR count). The molecule has 3 heterocycles. The minimum absolute atomic E-state index is 0.00423. The molecule has 176 valence electrons. The standard InChI is InChI=1S/C24H25ClN6O2S/c1-30(16-9-10-26-13-16)22(33)8-7-20(32)14-3-6-19-18(11-14)27-23(31(19)2)29-24-28-17-5-4-15(25)12-21(17)34-24/h3-6,11-12,16,26H,7-10,13H2,1-2H3,(H,27,28,29). The highest BCUT2D eigenvalue weighted by atomic mass is 35.5. The van der Waals surface area contributed by atoms with Gasteiger partial charge in [0.1, 0.15) is 0 Å². The van der Waals surface area contributed by atoms with Crippen molar-refractivity contribution >= 4 is 67.0 Å². The molecule has 34 heavy (non-hydrogen) atoms. The van der Waals surface area contributed by atoms with Gasteiger partial charge >= 0.3 is 0 Å². The van der Waals surface area contributed by atoms with Gasteiger partial charge in [0.25, 0.3) is 0 Å². The normalized spacial score (nSPS) is 15.8. The van der Waals surface area contributed by atoms with E-state index in [0.29, 0.717) is 27.2 Å². The van der Waals surface area contributed by atoms with Crippen molar-refractivity contribution in [3.8, 4) is 0 Å². The van der Waals surface area contributed by atoms with E-state index in [1.54, 1.807) is 17.0 Å². The van der Waals surface area contributed by atoms with Crippen LogP contribution < -0.4 is 10.6 Å². The Hall–Kier alpha value is -3.01. The molecule has 1 aliphatic heterocycles. The highest BCUT2D eigenvalue weighted by Gasteiger charge is 2.23. The van der Waals surface area contributed by atoms with Gasteiger partial charge in [-0.3, -0.25) is 9.59 Å². The molecule has 0 spiro atoms. The number of imidazole rings is 1. The second-order valence-corrected chi connectivity index (χ2v) is 10.00. The fourth-order valence-corrected chi connectivity index (χ4v) is 5.38. The quantitative estimate of drug-likeness (QED) is 0.369. The molecule has 2 aromatic heterocycles. The Morgan fingerprint density at radius 2 is 2.06 bits per heavy atom. The fraction of sp³-hybridized carbons (Fsp3) is 0.333. The van der Waals surface area contributed by atoms with Crippen LogP contribution in [0.1, 0.15) is 29.6 Å². The lowest BCUT2D eigenvalue weighted by Gasteiger charge is -2.23. The molecule has 1 saturated heterocycles. The number of anilines is 2. The van der Waals surface area contributed by atoms with Crippen molar-refractivity contribution < 1.29 is 9.59 Å². The van der Waals surface area contributed by atoms with Crippen molar-refractivity contribution in [3.05, 3.63) is 47.0 Å². The van der Waals surface area contributed by atoms with Gasteiger partial charge in [-0.05, 0) is 49.4 Å². The first-order valence-electron chi connectivity index (χ1n) is 11.2. The summed E-state index contributed by atoms with van der Waals surface area (Å²) in [6, 6.07) is 11.3. The number of amides is 1. The van der Waals surface area contributed by atoms with Crippen molar-refractivity contribution in [3.63, 3.8) is 0 Å². The van der Waals surface area contributed by atoms with Crippen LogP contribution in [0.25, 0.3) is 21.3 Å². The first kappa shape index (κ1) is 22.8. The molecular formula is C24H25ClN6O2S. The SMILES string of the molecule is CN(C(=O)CCC(=O)c1ccc2c(c1)nc(Nc1nc3ccc(Cl)cc3s1)n2C)C1CCNC1. The second kappa shape index (κ2) is 9.32. The van der Waals surface area contributed by atoms with E-state index in [1.807, 2.05) is 42.9 Å². The number of nitrogens with one attached hydrogen (secondary N) is 2. The number of carbonyl (C=O) groups excluding carboxylic acids is 2. The fourth-order valence-electron chi connectivity index (χ4n) is 4.25. The molecule has 0 bridgehead atoms. The molecule has 10 heteroatoms. The molecule has 2 N–H and O–H groups in total. The zero-order chi connectivity index (χ0) is 23.8. The van der Waals surface area contributed by atoms with Crippen LogP contribution in [0.15, 0.2) is 36.4 Å². The van der Waals surface area contributed by atoms with Crippen LogP contribution in [0, 0.1) is 0 Å². The van der Waals surface area contributed by atoms with Crippen LogP contribution in [0.5, 0.6) is 0 Å². The summed E-state index contributed by atoms with van der Waals surface area (Å²) in [6.07, 6.45) is 1.34. The molecule has 1 amide bonds. The summed E-state index contributed by atoms with van der Waals surface area (Å²) in [5.41, 5.74) is 3.03. The van der Waals surface area contributed by atoms with Crippen LogP contribution in [-0.4, -0.2) is 57.3 Å². The van der Waals surface area contributed by atoms with Gasteiger partial charge in [0.15, 0.2) is 10.9 Å². The first-order chi connectivity index (χ1) is 16.4. The molecule has 0 radical (unpaired) electrons. The maximum Gasteiger partial charge on any atom is 0.223 e. The molecule has 1 aliphatic rings. The number of aryl methyl sites for hydroxylation is 1. The van der Waals surface area contributed by atoms with Gasteiger partial charge in [-0.1, -0.05) is 22.9 Å². The van der Waals surface area contributed by atoms with Gasteiger partial charge in [-0.15, -0.1) is 0 Å². The Kier molecular flexibility index (Phi) is 6.24. The summed E-state index contributed by atoms with van der Waals surface area (Å²) in [7, 11) is 3.73. The number of hydrogen-bond donors (Lipinski definition) is 2. The van der Waals surface area contributed by atoms with Crippen molar-refractivity contribution in [2.24, 2.45) is 7.05 Å². The predicted octanol–water partition coefficient (Wildman–Crippen LogP) is 4.36. The molecule has 2 aromatic carbocycles. The van der Waals surface area contributed by atoms with E-state index in [2.05, 4.69) is 20.6 Å². The van der Waals surface area contributed by atoms with Gasteiger partial charge in [0, 0.05) is 50.1 Å². The number of hydrogen-bond acceptors (Lipinski definition) is 7. The molecular weight excluding hydrogens is 472 g/mol. The lowest BCUT2D eigenvalue weighted by atomic mass is 10.1. The van der Waals surface area contributed by atoms with E-state index in [9.17, 15) is 9.59 Å². The minimum atomic E-state index is -0.0589.